The molecule has 0 N–H and O–H groups in total. The molecule has 0 aliphatic heterocycles. The van der Waals surface area contributed by atoms with Crippen molar-refractivity contribution >= 4 is 17.5 Å². The van der Waals surface area contributed by atoms with Crippen LogP contribution in [0, 0.1) is 0 Å². The van der Waals surface area contributed by atoms with Crippen LogP contribution in [-0.2, 0) is 11.2 Å². The number of ketones is 1. The summed E-state index contributed by atoms with van der Waals surface area (Å²) >= 11 is 1.76. The fourth-order valence-electron chi connectivity index (χ4n) is 1.54. The lowest BCUT2D eigenvalue weighted by Gasteiger charge is -2.01. The van der Waals surface area contributed by atoms with Crippen LogP contribution in [0.2, 0.25) is 0 Å². The summed E-state index contributed by atoms with van der Waals surface area (Å²) < 4.78 is 0. The maximum absolute atomic E-state index is 11.5. The number of thioether (sulfide) groups is 1. The number of rotatable bonds is 8. The van der Waals surface area contributed by atoms with E-state index in [0.717, 1.165) is 31.4 Å². The third kappa shape index (κ3) is 5.96. The molecule has 0 amide bonds. The number of carbonyl (C=O) groups is 1. The Bertz CT molecular complexity index is 295. The molecule has 0 saturated heterocycles. The van der Waals surface area contributed by atoms with Crippen LogP contribution >= 0.6 is 11.8 Å². The molecule has 16 heavy (non-hydrogen) atoms. The number of hydrogen-bond donors (Lipinski definition) is 0. The maximum Gasteiger partial charge on any atom is 0.142 e. The Morgan fingerprint density at radius 2 is 2.00 bits per heavy atom. The highest BCUT2D eigenvalue weighted by Crippen LogP contribution is 2.08. The number of carbonyl (C=O) groups excluding carboxylic acids is 1. The standard InChI is InChI=1S/C14H20OS/c1-2-11-16-12-14(15)10-6-9-13-7-4-3-5-8-13/h3-5,7-8H,2,6,9-12H2,1H3. The molecule has 0 fully saturated rings. The number of benzene rings is 1. The van der Waals surface area contributed by atoms with E-state index in [-0.39, 0.29) is 0 Å². The molecule has 1 aromatic rings. The highest BCUT2D eigenvalue weighted by molar-refractivity contribution is 7.99. The van der Waals surface area contributed by atoms with Gasteiger partial charge in [-0.3, -0.25) is 4.79 Å². The van der Waals surface area contributed by atoms with Gasteiger partial charge in [-0.2, -0.15) is 11.8 Å². The number of Topliss-reactive ketones (excluding diaryl/α,β-unsaturated/α-hetero) is 1. The van der Waals surface area contributed by atoms with Crippen LogP contribution in [0.25, 0.3) is 0 Å². The molecule has 0 radical (unpaired) electrons. The maximum atomic E-state index is 11.5. The monoisotopic (exact) mass is 236 g/mol. The van der Waals surface area contributed by atoms with Crippen LogP contribution < -0.4 is 0 Å². The molecule has 2 heteroatoms. The SMILES string of the molecule is CCCSCC(=O)CCCc1ccccc1. The molecular formula is C14H20OS. The summed E-state index contributed by atoms with van der Waals surface area (Å²) in [7, 11) is 0. The molecule has 0 aliphatic rings. The van der Waals surface area contributed by atoms with E-state index in [1.165, 1.54) is 5.56 Å². The first kappa shape index (κ1) is 13.3. The molecule has 88 valence electrons. The van der Waals surface area contributed by atoms with Gasteiger partial charge in [0.25, 0.3) is 0 Å². The van der Waals surface area contributed by atoms with Gasteiger partial charge in [0, 0.05) is 6.42 Å². The summed E-state index contributed by atoms with van der Waals surface area (Å²) in [6.07, 6.45) is 3.88. The molecule has 0 aromatic heterocycles. The van der Waals surface area contributed by atoms with Gasteiger partial charge in [-0.1, -0.05) is 37.3 Å². The molecule has 0 atom stereocenters. The lowest BCUT2D eigenvalue weighted by atomic mass is 10.1. The van der Waals surface area contributed by atoms with Crippen molar-refractivity contribution in [2.45, 2.75) is 32.6 Å². The number of aryl methyl sites for hydroxylation is 1. The third-order valence-corrected chi connectivity index (χ3v) is 3.60. The fraction of sp³-hybridized carbons (Fsp3) is 0.500. The molecular weight excluding hydrogens is 216 g/mol. The Morgan fingerprint density at radius 1 is 1.25 bits per heavy atom. The first-order valence-corrected chi connectivity index (χ1v) is 7.11. The lowest BCUT2D eigenvalue weighted by Crippen LogP contribution is -2.02. The average Bonchev–Trinajstić information content (AvgIpc) is 2.31. The third-order valence-electron chi connectivity index (χ3n) is 2.38. The molecule has 1 nitrogen and oxygen atoms in total. The summed E-state index contributed by atoms with van der Waals surface area (Å²) in [6.45, 7) is 2.15. The predicted octanol–water partition coefficient (Wildman–Crippen LogP) is 3.72. The summed E-state index contributed by atoms with van der Waals surface area (Å²) in [5.41, 5.74) is 1.33. The van der Waals surface area contributed by atoms with E-state index in [9.17, 15) is 4.79 Å². The van der Waals surface area contributed by atoms with Gasteiger partial charge < -0.3 is 0 Å². The van der Waals surface area contributed by atoms with Crippen LogP contribution in [-0.4, -0.2) is 17.3 Å². The van der Waals surface area contributed by atoms with Crippen molar-refractivity contribution in [3.8, 4) is 0 Å². The van der Waals surface area contributed by atoms with E-state index in [1.54, 1.807) is 11.8 Å². The Kier molecular flexibility index (Phi) is 6.98. The number of hydrogen-bond acceptors (Lipinski definition) is 2. The molecule has 1 aromatic carbocycles. The predicted molar refractivity (Wildman–Crippen MR) is 72.0 cm³/mol. The molecule has 0 unspecified atom stereocenters. The van der Waals surface area contributed by atoms with E-state index in [0.29, 0.717) is 11.5 Å². The van der Waals surface area contributed by atoms with Crippen molar-refractivity contribution in [2.24, 2.45) is 0 Å². The first-order valence-electron chi connectivity index (χ1n) is 5.96. The zero-order valence-corrected chi connectivity index (χ0v) is 10.8. The fourth-order valence-corrected chi connectivity index (χ4v) is 2.34. The minimum atomic E-state index is 0.398. The van der Waals surface area contributed by atoms with Crippen LogP contribution in [0.1, 0.15) is 31.7 Å². The lowest BCUT2D eigenvalue weighted by molar-refractivity contribution is -0.116. The van der Waals surface area contributed by atoms with Crippen molar-refractivity contribution in [1.29, 1.82) is 0 Å². The summed E-state index contributed by atoms with van der Waals surface area (Å²) in [6, 6.07) is 10.4. The van der Waals surface area contributed by atoms with E-state index in [4.69, 9.17) is 0 Å². The molecule has 1 rings (SSSR count). The van der Waals surface area contributed by atoms with E-state index in [1.807, 2.05) is 18.2 Å². The smallest absolute Gasteiger partial charge is 0.142 e. The van der Waals surface area contributed by atoms with E-state index in [2.05, 4.69) is 19.1 Å². The van der Waals surface area contributed by atoms with E-state index < -0.39 is 0 Å². The van der Waals surface area contributed by atoms with Gasteiger partial charge in [-0.05, 0) is 30.6 Å². The van der Waals surface area contributed by atoms with Crippen molar-refractivity contribution < 1.29 is 4.79 Å². The first-order chi connectivity index (χ1) is 7.83. The highest BCUT2D eigenvalue weighted by atomic mass is 32.2. The van der Waals surface area contributed by atoms with Crippen molar-refractivity contribution in [3.63, 3.8) is 0 Å². The van der Waals surface area contributed by atoms with Gasteiger partial charge in [-0.15, -0.1) is 0 Å². The Balaban J connectivity index is 2.09. The molecule has 0 saturated carbocycles. The van der Waals surface area contributed by atoms with Crippen LogP contribution in [0.3, 0.4) is 0 Å². The van der Waals surface area contributed by atoms with Crippen molar-refractivity contribution in [2.75, 3.05) is 11.5 Å². The minimum Gasteiger partial charge on any atom is -0.299 e. The summed E-state index contributed by atoms with van der Waals surface area (Å²) in [5.74, 6) is 2.20. The van der Waals surface area contributed by atoms with Gasteiger partial charge in [0.2, 0.25) is 0 Å². The van der Waals surface area contributed by atoms with Crippen LogP contribution in [0.15, 0.2) is 30.3 Å². The second kappa shape index (κ2) is 8.40. The quantitative estimate of drug-likeness (QED) is 0.640. The van der Waals surface area contributed by atoms with Crippen LogP contribution in [0.4, 0.5) is 0 Å². The van der Waals surface area contributed by atoms with E-state index >= 15 is 0 Å². The average molecular weight is 236 g/mol. The van der Waals surface area contributed by atoms with Gasteiger partial charge in [-0.25, -0.2) is 0 Å². The summed E-state index contributed by atoms with van der Waals surface area (Å²) in [5, 5.41) is 0. The summed E-state index contributed by atoms with van der Waals surface area (Å²) in [4.78, 5) is 11.5. The van der Waals surface area contributed by atoms with Crippen molar-refractivity contribution in [1.82, 2.24) is 0 Å². The second-order valence-corrected chi connectivity index (χ2v) is 5.04. The van der Waals surface area contributed by atoms with Crippen LogP contribution in [0.5, 0.6) is 0 Å². The zero-order valence-electron chi connectivity index (χ0n) is 9.95. The zero-order chi connectivity index (χ0) is 11.6. The highest BCUT2D eigenvalue weighted by Gasteiger charge is 2.01. The second-order valence-electron chi connectivity index (χ2n) is 3.93. The van der Waals surface area contributed by atoms with Gasteiger partial charge in [0.1, 0.15) is 5.78 Å². The molecule has 0 bridgehead atoms. The molecule has 0 spiro atoms. The Labute approximate surface area is 103 Å². The van der Waals surface area contributed by atoms with Crippen molar-refractivity contribution in [3.05, 3.63) is 35.9 Å². The van der Waals surface area contributed by atoms with Gasteiger partial charge in [0.15, 0.2) is 0 Å². The Hall–Kier alpha value is -0.760. The normalized spacial score (nSPS) is 10.3. The van der Waals surface area contributed by atoms with Gasteiger partial charge in [0.05, 0.1) is 5.75 Å². The minimum absolute atomic E-state index is 0.398. The molecule has 0 aliphatic carbocycles. The van der Waals surface area contributed by atoms with Gasteiger partial charge >= 0.3 is 0 Å². The Morgan fingerprint density at radius 3 is 2.69 bits per heavy atom. The molecule has 0 heterocycles. The largest absolute Gasteiger partial charge is 0.299 e. The topological polar surface area (TPSA) is 17.1 Å².